The molecule has 0 amide bonds. The molecule has 0 radical (unpaired) electrons. The molecule has 0 aliphatic rings. The van der Waals surface area contributed by atoms with Crippen molar-refractivity contribution in [2.24, 2.45) is 0 Å². The smallest absolute Gasteiger partial charge is 0.303 e. The van der Waals surface area contributed by atoms with E-state index in [-0.39, 0.29) is 28.7 Å². The number of rotatable bonds is 5. The number of aromatic hydroxyl groups is 2. The van der Waals surface area contributed by atoms with Gasteiger partial charge in [0.15, 0.2) is 0 Å². The number of benzene rings is 2. The predicted molar refractivity (Wildman–Crippen MR) is 126 cm³/mol. The topological polar surface area (TPSA) is 77.8 Å². The van der Waals surface area contributed by atoms with E-state index < -0.39 is 11.4 Å². The average Bonchev–Trinajstić information content (AvgIpc) is 2.61. The van der Waals surface area contributed by atoms with Crippen molar-refractivity contribution in [1.29, 1.82) is 0 Å². The van der Waals surface area contributed by atoms with Gasteiger partial charge in [0.25, 0.3) is 0 Å². The third kappa shape index (κ3) is 5.06. The minimum atomic E-state index is -0.841. The van der Waals surface area contributed by atoms with E-state index in [9.17, 15) is 20.1 Å². The fourth-order valence-corrected chi connectivity index (χ4v) is 4.32. The van der Waals surface area contributed by atoms with E-state index in [1.54, 1.807) is 0 Å². The number of aryl methyl sites for hydroxylation is 2. The van der Waals surface area contributed by atoms with Crippen molar-refractivity contribution in [3.05, 3.63) is 57.6 Å². The Balaban J connectivity index is 3.00. The van der Waals surface area contributed by atoms with Gasteiger partial charge in [0.2, 0.25) is 0 Å². The van der Waals surface area contributed by atoms with Crippen molar-refractivity contribution in [2.45, 2.75) is 91.4 Å². The summed E-state index contributed by atoms with van der Waals surface area (Å²) in [6.45, 7) is 18.4. The van der Waals surface area contributed by atoms with Crippen LogP contribution < -0.4 is 0 Å². The normalized spacial score (nSPS) is 12.8. The highest BCUT2D eigenvalue weighted by Gasteiger charge is 2.38. The van der Waals surface area contributed by atoms with Crippen LogP contribution in [0.4, 0.5) is 0 Å². The Bertz CT molecular complexity index is 918. The maximum Gasteiger partial charge on any atom is 0.303 e. The van der Waals surface area contributed by atoms with Crippen LogP contribution in [-0.2, 0) is 21.0 Å². The molecule has 0 saturated heterocycles. The second-order valence-electron chi connectivity index (χ2n) is 11.1. The zero-order valence-corrected chi connectivity index (χ0v) is 20.5. The Morgan fingerprint density at radius 2 is 1.06 bits per heavy atom. The Kier molecular flexibility index (Phi) is 6.57. The first kappa shape index (κ1) is 24.8. The second kappa shape index (κ2) is 8.22. The van der Waals surface area contributed by atoms with Crippen molar-refractivity contribution < 1.29 is 20.1 Å². The summed E-state index contributed by atoms with van der Waals surface area (Å²) in [4.78, 5) is 11.6. The van der Waals surface area contributed by atoms with Gasteiger partial charge >= 0.3 is 5.97 Å². The van der Waals surface area contributed by atoms with Crippen LogP contribution in [0.1, 0.15) is 94.7 Å². The van der Waals surface area contributed by atoms with Gasteiger partial charge < -0.3 is 15.3 Å². The van der Waals surface area contributed by atoms with Gasteiger partial charge in [-0.1, -0.05) is 60.6 Å². The molecule has 4 nitrogen and oxygen atoms in total. The first-order chi connectivity index (χ1) is 14.0. The summed E-state index contributed by atoms with van der Waals surface area (Å²) >= 11 is 0. The van der Waals surface area contributed by atoms with Gasteiger partial charge in [0.05, 0.1) is 0 Å². The molecule has 0 aromatic heterocycles. The molecule has 2 aromatic carbocycles. The van der Waals surface area contributed by atoms with Gasteiger partial charge in [-0.15, -0.1) is 0 Å². The van der Waals surface area contributed by atoms with Gasteiger partial charge in [-0.25, -0.2) is 0 Å². The van der Waals surface area contributed by atoms with Crippen LogP contribution in [-0.4, -0.2) is 21.3 Å². The second-order valence-corrected chi connectivity index (χ2v) is 11.1. The van der Waals surface area contributed by atoms with Crippen molar-refractivity contribution in [2.75, 3.05) is 0 Å². The van der Waals surface area contributed by atoms with E-state index in [4.69, 9.17) is 0 Å². The standard InChI is InChI=1S/C27H38O4/c1-16-12-20(18(14-22(16)28)25(3,4)5)27(9,11-10-24(30)31)21-13-17(2)23(29)15-19(21)26(6,7)8/h12-15,28-29H,10-11H2,1-9H3,(H,30,31). The van der Waals surface area contributed by atoms with Crippen LogP contribution in [0.15, 0.2) is 24.3 Å². The summed E-state index contributed by atoms with van der Waals surface area (Å²) in [7, 11) is 0. The third-order valence-electron chi connectivity index (χ3n) is 6.32. The fraction of sp³-hybridized carbons (Fsp3) is 0.519. The highest BCUT2D eigenvalue weighted by Crippen LogP contribution is 2.47. The first-order valence-electron chi connectivity index (χ1n) is 10.9. The predicted octanol–water partition coefficient (Wildman–Crippen LogP) is 6.48. The lowest BCUT2D eigenvalue weighted by atomic mass is 9.64. The molecule has 4 heteroatoms. The number of hydrogen-bond donors (Lipinski definition) is 3. The third-order valence-corrected chi connectivity index (χ3v) is 6.32. The molecule has 0 aliphatic carbocycles. The van der Waals surface area contributed by atoms with Crippen molar-refractivity contribution in [3.63, 3.8) is 0 Å². The molecule has 0 unspecified atom stereocenters. The number of carboxylic acid groups (broad SMARTS) is 1. The number of carbonyl (C=O) groups is 1. The summed E-state index contributed by atoms with van der Waals surface area (Å²) in [5.41, 5.74) is 4.43. The Morgan fingerprint density at radius 1 is 0.710 bits per heavy atom. The Morgan fingerprint density at radius 3 is 1.35 bits per heavy atom. The van der Waals surface area contributed by atoms with E-state index in [1.165, 1.54) is 0 Å². The van der Waals surface area contributed by atoms with Gasteiger partial charge in [-0.2, -0.15) is 0 Å². The zero-order valence-electron chi connectivity index (χ0n) is 20.5. The molecule has 2 rings (SSSR count). The van der Waals surface area contributed by atoms with Crippen LogP contribution in [0.25, 0.3) is 0 Å². The van der Waals surface area contributed by atoms with Crippen molar-refractivity contribution in [3.8, 4) is 11.5 Å². The summed E-state index contributed by atoms with van der Waals surface area (Å²) in [6.07, 6.45) is 0.423. The molecule has 0 bridgehead atoms. The molecule has 0 fully saturated rings. The molecular weight excluding hydrogens is 388 g/mol. The molecule has 31 heavy (non-hydrogen) atoms. The monoisotopic (exact) mass is 426 g/mol. The lowest BCUT2D eigenvalue weighted by Crippen LogP contribution is -2.32. The Labute approximate surface area is 187 Å². The number of phenols is 2. The summed E-state index contributed by atoms with van der Waals surface area (Å²) < 4.78 is 0. The maximum atomic E-state index is 11.6. The maximum absolute atomic E-state index is 11.6. The molecule has 3 N–H and O–H groups in total. The van der Waals surface area contributed by atoms with Crippen LogP contribution in [0.2, 0.25) is 0 Å². The minimum absolute atomic E-state index is 0.0174. The largest absolute Gasteiger partial charge is 0.508 e. The molecule has 0 spiro atoms. The SMILES string of the molecule is Cc1cc(C(C)(CCC(=O)O)c2cc(C)c(O)cc2C(C)(C)C)c(C(C)(C)C)cc1O. The van der Waals surface area contributed by atoms with E-state index >= 15 is 0 Å². The van der Waals surface area contributed by atoms with Gasteiger partial charge in [0, 0.05) is 11.8 Å². The molecule has 0 atom stereocenters. The zero-order chi connectivity index (χ0) is 23.9. The quantitative estimate of drug-likeness (QED) is 0.511. The van der Waals surface area contributed by atoms with Gasteiger partial charge in [-0.05, 0) is 76.6 Å². The lowest BCUT2D eigenvalue weighted by molar-refractivity contribution is -0.137. The molecule has 0 aliphatic heterocycles. The minimum Gasteiger partial charge on any atom is -0.508 e. The van der Waals surface area contributed by atoms with E-state index in [0.29, 0.717) is 6.42 Å². The van der Waals surface area contributed by atoms with Crippen LogP contribution in [0.5, 0.6) is 11.5 Å². The number of aliphatic carboxylic acids is 1. The molecule has 0 saturated carbocycles. The molecular formula is C27H38O4. The summed E-state index contributed by atoms with van der Waals surface area (Å²) in [5.74, 6) is -0.355. The van der Waals surface area contributed by atoms with Crippen LogP contribution in [0.3, 0.4) is 0 Å². The number of phenolic OH excluding ortho intramolecular Hbond substituents is 2. The van der Waals surface area contributed by atoms with Crippen LogP contribution in [0, 0.1) is 13.8 Å². The highest BCUT2D eigenvalue weighted by molar-refractivity contribution is 5.67. The summed E-state index contributed by atoms with van der Waals surface area (Å²) in [6, 6.07) is 7.67. The first-order valence-corrected chi connectivity index (χ1v) is 10.9. The van der Waals surface area contributed by atoms with Crippen molar-refractivity contribution >= 4 is 5.97 Å². The fourth-order valence-electron chi connectivity index (χ4n) is 4.32. The van der Waals surface area contributed by atoms with E-state index in [1.807, 2.05) is 38.1 Å². The molecule has 2 aromatic rings. The van der Waals surface area contributed by atoms with Gasteiger partial charge in [-0.3, -0.25) is 4.79 Å². The lowest BCUT2D eigenvalue weighted by Gasteiger charge is -2.40. The highest BCUT2D eigenvalue weighted by atomic mass is 16.4. The molecule has 170 valence electrons. The summed E-state index contributed by atoms with van der Waals surface area (Å²) in [5, 5.41) is 30.5. The average molecular weight is 427 g/mol. The van der Waals surface area contributed by atoms with E-state index in [2.05, 4.69) is 48.5 Å². The number of hydrogen-bond acceptors (Lipinski definition) is 3. The van der Waals surface area contributed by atoms with Gasteiger partial charge in [0.1, 0.15) is 11.5 Å². The van der Waals surface area contributed by atoms with E-state index in [0.717, 1.165) is 33.4 Å². The molecule has 0 heterocycles. The van der Waals surface area contributed by atoms with Crippen molar-refractivity contribution in [1.82, 2.24) is 0 Å². The Hall–Kier alpha value is -2.49. The number of carboxylic acids is 1. The van der Waals surface area contributed by atoms with Crippen LogP contribution >= 0.6 is 0 Å².